The molecule has 0 aromatic rings. The van der Waals surface area contributed by atoms with Crippen molar-refractivity contribution in [3.05, 3.63) is 0 Å². The summed E-state index contributed by atoms with van der Waals surface area (Å²) < 4.78 is 23.1. The number of hydrogen-bond donors (Lipinski definition) is 2. The fraction of sp³-hybridized carbons (Fsp3) is 0.923. The highest BCUT2D eigenvalue weighted by Crippen LogP contribution is 2.27. The van der Waals surface area contributed by atoms with Gasteiger partial charge < -0.3 is 11.1 Å². The highest BCUT2D eigenvalue weighted by Gasteiger charge is 2.43. The normalized spacial score (nSPS) is 27.6. The fourth-order valence-corrected chi connectivity index (χ4v) is 4.69. The lowest BCUT2D eigenvalue weighted by Gasteiger charge is -2.38. The minimum absolute atomic E-state index is 0.0651. The molecule has 2 aliphatic rings. The Morgan fingerprint density at radius 2 is 1.58 bits per heavy atom. The molecule has 0 atom stereocenters. The van der Waals surface area contributed by atoms with Crippen molar-refractivity contribution >= 4 is 15.7 Å². The van der Waals surface area contributed by atoms with Crippen LogP contribution in [0.25, 0.3) is 0 Å². The van der Waals surface area contributed by atoms with Gasteiger partial charge in [-0.3, -0.25) is 4.79 Å². The second-order valence-electron chi connectivity index (χ2n) is 5.93. The predicted octanol–water partition coefficient (Wildman–Crippen LogP) is 0.731. The number of amides is 1. The molecule has 0 aromatic carbocycles. The van der Waals surface area contributed by atoms with Gasteiger partial charge >= 0.3 is 0 Å². The molecule has 1 aliphatic heterocycles. The Balaban J connectivity index is 2.05. The third-order valence-electron chi connectivity index (χ3n) is 4.49. The molecule has 0 aromatic heterocycles. The summed E-state index contributed by atoms with van der Waals surface area (Å²) in [6.07, 6.45) is 7.59. The fourth-order valence-electron chi connectivity index (χ4n) is 3.16. The highest BCUT2D eigenvalue weighted by molar-refractivity contribution is 7.91. The van der Waals surface area contributed by atoms with Gasteiger partial charge in [-0.2, -0.15) is 0 Å². The molecule has 0 unspecified atom stereocenters. The second kappa shape index (κ2) is 5.79. The molecule has 3 N–H and O–H groups in total. The van der Waals surface area contributed by atoms with E-state index in [1.165, 1.54) is 25.7 Å². The standard InChI is InChI=1S/C13H24N2O3S/c14-12(16)13(7-9-19(17,18)10-8-13)15-11-5-3-1-2-4-6-11/h11,15H,1-10H2,(H2,14,16). The minimum atomic E-state index is -2.98. The lowest BCUT2D eigenvalue weighted by Crippen LogP contribution is -2.61. The zero-order chi connectivity index (χ0) is 13.9. The first-order valence-electron chi connectivity index (χ1n) is 7.22. The van der Waals surface area contributed by atoms with Crippen LogP contribution in [-0.4, -0.2) is 37.4 Å². The molecule has 1 saturated heterocycles. The molecule has 2 fully saturated rings. The topological polar surface area (TPSA) is 89.3 Å². The summed E-state index contributed by atoms with van der Waals surface area (Å²) in [5.41, 5.74) is 4.75. The average Bonchev–Trinajstić information content (AvgIpc) is 2.60. The van der Waals surface area contributed by atoms with Crippen LogP contribution in [0.4, 0.5) is 0 Å². The first-order valence-corrected chi connectivity index (χ1v) is 9.04. The molecule has 0 bridgehead atoms. The average molecular weight is 288 g/mol. The van der Waals surface area contributed by atoms with E-state index in [1.54, 1.807) is 0 Å². The Bertz CT molecular complexity index is 411. The van der Waals surface area contributed by atoms with Crippen LogP contribution in [0.2, 0.25) is 0 Å². The van der Waals surface area contributed by atoms with Crippen LogP contribution in [0.3, 0.4) is 0 Å². The molecule has 0 spiro atoms. The smallest absolute Gasteiger partial charge is 0.237 e. The summed E-state index contributed by atoms with van der Waals surface area (Å²) in [5.74, 6) is -0.266. The van der Waals surface area contributed by atoms with Crippen molar-refractivity contribution in [1.82, 2.24) is 5.32 Å². The molecule has 110 valence electrons. The molecule has 5 nitrogen and oxygen atoms in total. The van der Waals surface area contributed by atoms with Crippen LogP contribution < -0.4 is 11.1 Å². The van der Waals surface area contributed by atoms with Gasteiger partial charge in [-0.05, 0) is 25.7 Å². The summed E-state index contributed by atoms with van der Waals surface area (Å²) in [6.45, 7) is 0. The van der Waals surface area contributed by atoms with Crippen LogP contribution in [0, 0.1) is 0 Å². The number of carbonyl (C=O) groups excluding carboxylic acids is 1. The van der Waals surface area contributed by atoms with Gasteiger partial charge in [0.2, 0.25) is 5.91 Å². The molecule has 2 rings (SSSR count). The lowest BCUT2D eigenvalue weighted by atomic mass is 9.89. The molecule has 1 amide bonds. The molecule has 19 heavy (non-hydrogen) atoms. The van der Waals surface area contributed by atoms with Gasteiger partial charge in [0.15, 0.2) is 0 Å². The van der Waals surface area contributed by atoms with Crippen LogP contribution in [0.15, 0.2) is 0 Å². The van der Waals surface area contributed by atoms with E-state index >= 15 is 0 Å². The maximum Gasteiger partial charge on any atom is 0.237 e. The zero-order valence-corrected chi connectivity index (χ0v) is 12.2. The number of hydrogen-bond acceptors (Lipinski definition) is 4. The van der Waals surface area contributed by atoms with Gasteiger partial charge in [-0.1, -0.05) is 25.7 Å². The third kappa shape index (κ3) is 3.69. The number of rotatable bonds is 3. The van der Waals surface area contributed by atoms with Gasteiger partial charge in [0, 0.05) is 6.04 Å². The van der Waals surface area contributed by atoms with Crippen molar-refractivity contribution in [2.24, 2.45) is 5.73 Å². The molecular weight excluding hydrogens is 264 g/mol. The maximum atomic E-state index is 11.8. The molecule has 0 radical (unpaired) electrons. The monoisotopic (exact) mass is 288 g/mol. The van der Waals surface area contributed by atoms with Gasteiger partial charge in [-0.15, -0.1) is 0 Å². The number of nitrogens with two attached hydrogens (primary N) is 1. The number of nitrogens with one attached hydrogen (secondary N) is 1. The predicted molar refractivity (Wildman–Crippen MR) is 74.4 cm³/mol. The van der Waals surface area contributed by atoms with E-state index in [0.717, 1.165) is 12.8 Å². The van der Waals surface area contributed by atoms with E-state index in [1.807, 2.05) is 0 Å². The minimum Gasteiger partial charge on any atom is -0.368 e. The van der Waals surface area contributed by atoms with Crippen LogP contribution in [0.5, 0.6) is 0 Å². The summed E-state index contributed by atoms with van der Waals surface area (Å²) in [5, 5.41) is 3.41. The number of carbonyl (C=O) groups is 1. The quantitative estimate of drug-likeness (QED) is 0.749. The summed E-state index contributed by atoms with van der Waals surface area (Å²) in [4.78, 5) is 11.8. The Labute approximate surface area is 115 Å². The number of primary amides is 1. The third-order valence-corrected chi connectivity index (χ3v) is 6.14. The SMILES string of the molecule is NC(=O)C1(NC2CCCCCC2)CCS(=O)(=O)CC1. The zero-order valence-electron chi connectivity index (χ0n) is 11.4. The van der Waals surface area contributed by atoms with E-state index in [4.69, 9.17) is 5.73 Å². The van der Waals surface area contributed by atoms with E-state index in [2.05, 4.69) is 5.32 Å². The Morgan fingerprint density at radius 1 is 1.05 bits per heavy atom. The summed E-state index contributed by atoms with van der Waals surface area (Å²) in [6, 6.07) is 0.302. The molecular formula is C13H24N2O3S. The molecule has 1 heterocycles. The Morgan fingerprint density at radius 3 is 2.05 bits per heavy atom. The summed E-state index contributed by atoms with van der Waals surface area (Å²) in [7, 11) is -2.98. The lowest BCUT2D eigenvalue weighted by molar-refractivity contribution is -0.125. The van der Waals surface area contributed by atoms with E-state index in [0.29, 0.717) is 18.9 Å². The highest BCUT2D eigenvalue weighted by atomic mass is 32.2. The van der Waals surface area contributed by atoms with Crippen molar-refractivity contribution in [2.45, 2.75) is 62.9 Å². The van der Waals surface area contributed by atoms with Crippen molar-refractivity contribution < 1.29 is 13.2 Å². The van der Waals surface area contributed by atoms with Crippen LogP contribution in [-0.2, 0) is 14.6 Å². The summed E-state index contributed by atoms with van der Waals surface area (Å²) >= 11 is 0. The van der Waals surface area contributed by atoms with Crippen LogP contribution >= 0.6 is 0 Å². The largest absolute Gasteiger partial charge is 0.368 e. The van der Waals surface area contributed by atoms with Crippen LogP contribution in [0.1, 0.15) is 51.4 Å². The second-order valence-corrected chi connectivity index (χ2v) is 8.23. The number of sulfone groups is 1. The van der Waals surface area contributed by atoms with Gasteiger partial charge in [0.25, 0.3) is 0 Å². The van der Waals surface area contributed by atoms with E-state index in [9.17, 15) is 13.2 Å². The molecule has 1 aliphatic carbocycles. The van der Waals surface area contributed by atoms with E-state index < -0.39 is 21.3 Å². The molecule has 1 saturated carbocycles. The van der Waals surface area contributed by atoms with Crippen molar-refractivity contribution in [3.8, 4) is 0 Å². The van der Waals surface area contributed by atoms with Gasteiger partial charge in [0.05, 0.1) is 17.0 Å². The van der Waals surface area contributed by atoms with E-state index in [-0.39, 0.29) is 11.5 Å². The maximum absolute atomic E-state index is 11.8. The van der Waals surface area contributed by atoms with Crippen molar-refractivity contribution in [3.63, 3.8) is 0 Å². The first-order chi connectivity index (χ1) is 8.94. The Hall–Kier alpha value is -0.620. The molecule has 6 heteroatoms. The van der Waals surface area contributed by atoms with Gasteiger partial charge in [-0.25, -0.2) is 8.42 Å². The van der Waals surface area contributed by atoms with Crippen molar-refractivity contribution in [2.75, 3.05) is 11.5 Å². The van der Waals surface area contributed by atoms with Crippen molar-refractivity contribution in [1.29, 1.82) is 0 Å². The first kappa shape index (κ1) is 14.8. The van der Waals surface area contributed by atoms with Gasteiger partial charge in [0.1, 0.15) is 9.84 Å². The Kier molecular flexibility index (Phi) is 4.50.